The summed E-state index contributed by atoms with van der Waals surface area (Å²) in [6.07, 6.45) is 0. The molecule has 0 aliphatic carbocycles. The van der Waals surface area contributed by atoms with Gasteiger partial charge in [-0.1, -0.05) is 0 Å². The van der Waals surface area contributed by atoms with Gasteiger partial charge in [-0.05, 0) is 63.8 Å². The molecule has 0 heterocycles. The van der Waals surface area contributed by atoms with Crippen LogP contribution in [0.3, 0.4) is 0 Å². The monoisotopic (exact) mass is 374 g/mol. The first-order valence-electron chi connectivity index (χ1n) is 7.50. The van der Waals surface area contributed by atoms with E-state index in [0.29, 0.717) is 0 Å². The molecule has 0 fully saturated rings. The smallest absolute Gasteiger partial charge is 0.343 e. The Labute approximate surface area is 149 Å². The lowest BCUT2D eigenvalue weighted by atomic mass is 10.1. The van der Waals surface area contributed by atoms with Crippen molar-refractivity contribution in [1.82, 2.24) is 0 Å². The molecule has 0 aliphatic heterocycles. The Morgan fingerprint density at radius 3 is 1.73 bits per heavy atom. The molecule has 1 aromatic carbocycles. The van der Waals surface area contributed by atoms with Crippen LogP contribution in [-0.2, 0) is 19.9 Å². The van der Waals surface area contributed by atoms with Crippen LogP contribution < -0.4 is 9.78 Å². The summed E-state index contributed by atoms with van der Waals surface area (Å²) in [7, 11) is 0. The average Bonchev–Trinajstić information content (AvgIpc) is 2.43. The molecule has 0 aliphatic rings. The first kappa shape index (κ1) is 21.6. The number of rotatable bonds is 8. The second-order valence-electron chi connectivity index (χ2n) is 7.12. The zero-order valence-electron chi connectivity index (χ0n) is 15.3. The molecule has 0 unspecified atom stereocenters. The number of carboxylic acids is 2. The van der Waals surface area contributed by atoms with Gasteiger partial charge in [0, 0.05) is 0 Å². The maximum absolute atomic E-state index is 11.6. The molecular weight excluding hydrogens is 352 g/mol. The normalized spacial score (nSPS) is 11.9. The molecule has 0 bridgehead atoms. The van der Waals surface area contributed by atoms with Crippen molar-refractivity contribution in [1.29, 1.82) is 0 Å². The summed E-state index contributed by atoms with van der Waals surface area (Å²) in [5.74, 6) is -3.98. The Balaban J connectivity index is 3.17. The van der Waals surface area contributed by atoms with Crippen molar-refractivity contribution in [2.45, 2.75) is 52.7 Å². The maximum Gasteiger partial charge on any atom is 0.343 e. The van der Waals surface area contributed by atoms with Crippen molar-refractivity contribution in [3.05, 3.63) is 23.3 Å². The maximum atomic E-state index is 11.6. The van der Waals surface area contributed by atoms with Crippen molar-refractivity contribution >= 4 is 11.9 Å². The van der Waals surface area contributed by atoms with E-state index < -0.39 is 40.0 Å². The van der Waals surface area contributed by atoms with Gasteiger partial charge in [0.1, 0.15) is 5.56 Å². The van der Waals surface area contributed by atoms with Crippen molar-refractivity contribution in [3.63, 3.8) is 0 Å². The van der Waals surface area contributed by atoms with E-state index >= 15 is 0 Å². The minimum Gasteiger partial charge on any atom is -0.478 e. The highest BCUT2D eigenvalue weighted by atomic mass is 17.5. The van der Waals surface area contributed by atoms with E-state index in [1.165, 1.54) is 0 Å². The number of aromatic carboxylic acids is 2. The topological polar surface area (TPSA) is 130 Å². The van der Waals surface area contributed by atoms with Crippen LogP contribution in [0.4, 0.5) is 0 Å². The number of carboxylic acid groups (broad SMARTS) is 2. The molecule has 10 heteroatoms. The van der Waals surface area contributed by atoms with Gasteiger partial charge < -0.3 is 20.0 Å². The fraction of sp³-hybridized carbons (Fsp3) is 0.500. The number of carbonyl (C=O) groups is 2. The summed E-state index contributed by atoms with van der Waals surface area (Å²) >= 11 is 0. The Hall–Kier alpha value is -2.40. The van der Waals surface area contributed by atoms with E-state index in [1.807, 2.05) is 0 Å². The van der Waals surface area contributed by atoms with Crippen LogP contribution in [0, 0.1) is 0 Å². The van der Waals surface area contributed by atoms with Gasteiger partial charge in [-0.15, -0.1) is 0 Å². The van der Waals surface area contributed by atoms with E-state index in [0.717, 1.165) is 12.1 Å². The van der Waals surface area contributed by atoms with Crippen molar-refractivity contribution in [2.75, 3.05) is 0 Å². The Morgan fingerprint density at radius 1 is 0.808 bits per heavy atom. The summed E-state index contributed by atoms with van der Waals surface area (Å²) in [4.78, 5) is 42.3. The molecule has 0 spiro atoms. The molecule has 1 rings (SSSR count). The molecule has 0 saturated carbocycles. The molecule has 0 aromatic heterocycles. The molecule has 0 saturated heterocycles. The summed E-state index contributed by atoms with van der Waals surface area (Å²) in [6.45, 7) is 9.95. The van der Waals surface area contributed by atoms with Crippen LogP contribution in [0.25, 0.3) is 0 Å². The van der Waals surface area contributed by atoms with Gasteiger partial charge in [0.2, 0.25) is 5.75 Å². The lowest BCUT2D eigenvalue weighted by molar-refractivity contribution is -0.499. The standard InChI is InChI=1S/C16H22O10/c1-15(2,3)23-25-21-10-8-7-9(13(17)18)12(11(10)14(19)20)22-26-24-16(4,5)6/h7-8H,1-6H3,(H,17,18)(H,19,20). The first-order chi connectivity index (χ1) is 11.8. The minimum atomic E-state index is -1.54. The first-order valence-corrected chi connectivity index (χ1v) is 7.50. The Morgan fingerprint density at radius 2 is 1.31 bits per heavy atom. The van der Waals surface area contributed by atoms with Gasteiger partial charge in [-0.25, -0.2) is 9.59 Å². The highest BCUT2D eigenvalue weighted by molar-refractivity contribution is 6.00. The molecule has 1 aromatic rings. The highest BCUT2D eigenvalue weighted by Gasteiger charge is 2.28. The number of benzene rings is 1. The van der Waals surface area contributed by atoms with Crippen LogP contribution in [0.5, 0.6) is 11.5 Å². The van der Waals surface area contributed by atoms with Gasteiger partial charge in [0.05, 0.1) is 11.2 Å². The Bertz CT molecular complexity index is 654. The number of hydrogen-bond donors (Lipinski definition) is 2. The molecule has 10 nitrogen and oxygen atoms in total. The third kappa shape index (κ3) is 6.84. The van der Waals surface area contributed by atoms with Crippen molar-refractivity contribution in [3.8, 4) is 11.5 Å². The van der Waals surface area contributed by atoms with Crippen LogP contribution >= 0.6 is 0 Å². The number of hydrogen-bond acceptors (Lipinski definition) is 8. The van der Waals surface area contributed by atoms with Crippen LogP contribution in [0.1, 0.15) is 62.3 Å². The van der Waals surface area contributed by atoms with Crippen molar-refractivity contribution < 1.29 is 49.4 Å². The predicted molar refractivity (Wildman–Crippen MR) is 85.5 cm³/mol. The van der Waals surface area contributed by atoms with E-state index in [1.54, 1.807) is 41.5 Å². The molecular formula is C16H22O10. The molecule has 146 valence electrons. The largest absolute Gasteiger partial charge is 0.478 e. The summed E-state index contributed by atoms with van der Waals surface area (Å²) < 4.78 is 0. The van der Waals surface area contributed by atoms with Gasteiger partial charge in [-0.2, -0.15) is 9.78 Å². The fourth-order valence-corrected chi connectivity index (χ4v) is 1.40. The molecule has 0 amide bonds. The van der Waals surface area contributed by atoms with E-state index in [4.69, 9.17) is 19.6 Å². The lowest BCUT2D eigenvalue weighted by Crippen LogP contribution is -2.22. The third-order valence-electron chi connectivity index (χ3n) is 2.37. The molecule has 2 N–H and O–H groups in total. The van der Waals surface area contributed by atoms with Gasteiger partial charge in [-0.3, -0.25) is 0 Å². The van der Waals surface area contributed by atoms with E-state index in [9.17, 15) is 19.8 Å². The van der Waals surface area contributed by atoms with Crippen LogP contribution in [0.2, 0.25) is 0 Å². The zero-order chi connectivity index (χ0) is 20.1. The second-order valence-corrected chi connectivity index (χ2v) is 7.12. The third-order valence-corrected chi connectivity index (χ3v) is 2.37. The fourth-order valence-electron chi connectivity index (χ4n) is 1.40. The van der Waals surface area contributed by atoms with Gasteiger partial charge >= 0.3 is 11.9 Å². The average molecular weight is 374 g/mol. The van der Waals surface area contributed by atoms with Gasteiger partial charge in [0.15, 0.2) is 11.3 Å². The van der Waals surface area contributed by atoms with Crippen LogP contribution in [-0.4, -0.2) is 33.4 Å². The zero-order valence-corrected chi connectivity index (χ0v) is 15.3. The molecule has 26 heavy (non-hydrogen) atoms. The minimum absolute atomic E-state index is 0.360. The highest BCUT2D eigenvalue weighted by Crippen LogP contribution is 2.33. The predicted octanol–water partition coefficient (Wildman–Crippen LogP) is 3.16. The van der Waals surface area contributed by atoms with Crippen molar-refractivity contribution in [2.24, 2.45) is 0 Å². The Kier molecular flexibility index (Phi) is 6.93. The van der Waals surface area contributed by atoms with E-state index in [-0.39, 0.29) is 5.75 Å². The quantitative estimate of drug-likeness (QED) is 0.517. The second kappa shape index (κ2) is 8.32. The summed E-state index contributed by atoms with van der Waals surface area (Å²) in [5.41, 5.74) is -2.65. The molecule has 0 radical (unpaired) electrons. The summed E-state index contributed by atoms with van der Waals surface area (Å²) in [5, 5.41) is 27.7. The summed E-state index contributed by atoms with van der Waals surface area (Å²) in [6, 6.07) is 2.14. The van der Waals surface area contributed by atoms with Crippen LogP contribution in [0.15, 0.2) is 12.1 Å². The van der Waals surface area contributed by atoms with Gasteiger partial charge in [0.25, 0.3) is 0 Å². The lowest BCUT2D eigenvalue weighted by Gasteiger charge is -2.19. The SMILES string of the molecule is CC(C)(C)OOOc1ccc(C(=O)O)c(OOOC(C)(C)C)c1C(=O)O. The van der Waals surface area contributed by atoms with E-state index in [2.05, 4.69) is 10.1 Å². The molecule has 0 atom stereocenters.